The molecule has 0 bridgehead atoms. The van der Waals surface area contributed by atoms with Gasteiger partial charge in [-0.3, -0.25) is 9.89 Å². The SMILES string of the molecule is CC1=C(C(=O)Nc2ccc3[nH]nc(-c4ccnc(N5CC6(CNC6)C5)c4)c3c2)C(C)(C)n2nnnc2N1C. The number of fused-ring (bicyclic) bond motifs is 2. The molecule has 1 amide bonds. The van der Waals surface area contributed by atoms with Gasteiger partial charge in [0.1, 0.15) is 11.5 Å². The molecule has 3 aliphatic rings. The number of nitrogens with one attached hydrogen (secondary N) is 3. The molecule has 3 N–H and O–H groups in total. The van der Waals surface area contributed by atoms with Gasteiger partial charge in [0.15, 0.2) is 0 Å². The molecule has 12 heteroatoms. The Kier molecular flexibility index (Phi) is 4.71. The van der Waals surface area contributed by atoms with Crippen molar-refractivity contribution in [1.82, 2.24) is 40.7 Å². The molecule has 4 aromatic rings. The highest BCUT2D eigenvalue weighted by molar-refractivity contribution is 6.07. The molecule has 2 fully saturated rings. The highest BCUT2D eigenvalue weighted by Crippen LogP contribution is 2.39. The summed E-state index contributed by atoms with van der Waals surface area (Å²) < 4.78 is 1.68. The standard InChI is InChI=1S/C26H29N11O/c1-15-21(25(2,3)37-24(35(15)4)32-33-34-37)23(38)29-17-5-6-19-18(10-17)22(31-30-19)16-7-8-28-20(9-16)36-13-26(14-36)11-27-12-26/h5-10,27H,11-14H2,1-4H3,(H,29,38)(H,30,31). The summed E-state index contributed by atoms with van der Waals surface area (Å²) in [6.45, 7) is 10.0. The highest BCUT2D eigenvalue weighted by atomic mass is 16.1. The Morgan fingerprint density at radius 1 is 1.13 bits per heavy atom. The number of aromatic nitrogens is 7. The number of carbonyl (C=O) groups is 1. The van der Waals surface area contributed by atoms with Gasteiger partial charge in [0.05, 0.1) is 16.6 Å². The van der Waals surface area contributed by atoms with E-state index in [1.807, 2.05) is 63.2 Å². The molecule has 0 unspecified atom stereocenters. The molecule has 6 heterocycles. The first kappa shape index (κ1) is 22.8. The fraction of sp³-hybridized carbons (Fsp3) is 0.385. The van der Waals surface area contributed by atoms with Gasteiger partial charge in [0.25, 0.3) is 5.91 Å². The maximum atomic E-state index is 13.6. The fourth-order valence-corrected chi connectivity index (χ4v) is 5.93. The Hall–Kier alpha value is -4.32. The van der Waals surface area contributed by atoms with Crippen molar-refractivity contribution < 1.29 is 4.79 Å². The van der Waals surface area contributed by atoms with E-state index in [1.54, 1.807) is 4.68 Å². The Morgan fingerprint density at radius 2 is 1.95 bits per heavy atom. The normalized spacial score (nSPS) is 19.4. The smallest absolute Gasteiger partial charge is 0.255 e. The molecule has 38 heavy (non-hydrogen) atoms. The molecule has 3 aliphatic heterocycles. The van der Waals surface area contributed by atoms with Gasteiger partial charge < -0.3 is 20.4 Å². The lowest BCUT2D eigenvalue weighted by molar-refractivity contribution is -0.113. The van der Waals surface area contributed by atoms with Crippen molar-refractivity contribution in [3.05, 3.63) is 47.8 Å². The molecule has 194 valence electrons. The van der Waals surface area contributed by atoms with Gasteiger partial charge in [-0.15, -0.1) is 0 Å². The summed E-state index contributed by atoms with van der Waals surface area (Å²) >= 11 is 0. The van der Waals surface area contributed by atoms with E-state index in [2.05, 4.69) is 52.3 Å². The largest absolute Gasteiger partial charge is 0.355 e. The van der Waals surface area contributed by atoms with Crippen molar-refractivity contribution in [2.75, 3.05) is 48.3 Å². The summed E-state index contributed by atoms with van der Waals surface area (Å²) in [5.74, 6) is 1.37. The lowest BCUT2D eigenvalue weighted by atomic mass is 9.74. The monoisotopic (exact) mass is 511 g/mol. The van der Waals surface area contributed by atoms with Gasteiger partial charge in [-0.25, -0.2) is 9.67 Å². The molecule has 7 rings (SSSR count). The van der Waals surface area contributed by atoms with Crippen molar-refractivity contribution in [2.45, 2.75) is 26.3 Å². The molecule has 1 aromatic carbocycles. The number of pyridine rings is 1. The number of benzene rings is 1. The third-order valence-corrected chi connectivity index (χ3v) is 8.20. The number of tetrazole rings is 1. The molecule has 0 atom stereocenters. The summed E-state index contributed by atoms with van der Waals surface area (Å²) in [6.07, 6.45) is 1.84. The molecular formula is C26H29N11O. The van der Waals surface area contributed by atoms with Crippen LogP contribution in [0.5, 0.6) is 0 Å². The van der Waals surface area contributed by atoms with Crippen LogP contribution in [0.25, 0.3) is 22.2 Å². The predicted molar refractivity (Wildman–Crippen MR) is 144 cm³/mol. The van der Waals surface area contributed by atoms with Crippen LogP contribution in [0.15, 0.2) is 47.8 Å². The van der Waals surface area contributed by atoms with Crippen molar-refractivity contribution in [1.29, 1.82) is 0 Å². The second kappa shape index (κ2) is 7.84. The van der Waals surface area contributed by atoms with E-state index in [4.69, 9.17) is 0 Å². The van der Waals surface area contributed by atoms with Crippen LogP contribution in [0.4, 0.5) is 17.5 Å². The molecular weight excluding hydrogens is 482 g/mol. The fourth-order valence-electron chi connectivity index (χ4n) is 5.93. The Balaban J connectivity index is 1.18. The lowest BCUT2D eigenvalue weighted by Crippen LogP contribution is -2.71. The quantitative estimate of drug-likeness (QED) is 0.377. The molecule has 0 saturated carbocycles. The predicted octanol–water partition coefficient (Wildman–Crippen LogP) is 2.12. The van der Waals surface area contributed by atoms with E-state index in [0.29, 0.717) is 22.6 Å². The number of amides is 1. The van der Waals surface area contributed by atoms with E-state index < -0.39 is 5.54 Å². The van der Waals surface area contributed by atoms with E-state index >= 15 is 0 Å². The molecule has 1 spiro atoms. The average Bonchev–Trinajstić information content (AvgIpc) is 3.49. The maximum absolute atomic E-state index is 13.6. The molecule has 12 nitrogen and oxygen atoms in total. The third-order valence-electron chi connectivity index (χ3n) is 8.20. The van der Waals surface area contributed by atoms with Crippen LogP contribution in [-0.2, 0) is 10.3 Å². The minimum absolute atomic E-state index is 0.201. The van der Waals surface area contributed by atoms with Gasteiger partial charge in [-0.1, -0.05) is 5.10 Å². The number of hydrogen-bond acceptors (Lipinski definition) is 9. The minimum atomic E-state index is -0.719. The number of allylic oxidation sites excluding steroid dienone is 1. The van der Waals surface area contributed by atoms with E-state index in [-0.39, 0.29) is 5.91 Å². The van der Waals surface area contributed by atoms with Crippen LogP contribution < -0.4 is 20.4 Å². The zero-order valence-electron chi connectivity index (χ0n) is 21.8. The van der Waals surface area contributed by atoms with Crippen LogP contribution in [0.1, 0.15) is 20.8 Å². The van der Waals surface area contributed by atoms with Crippen molar-refractivity contribution in [3.8, 4) is 11.3 Å². The number of aromatic amines is 1. The topological polar surface area (TPSA) is 133 Å². The van der Waals surface area contributed by atoms with Crippen LogP contribution >= 0.6 is 0 Å². The summed E-state index contributed by atoms with van der Waals surface area (Å²) in [5, 5.41) is 27.2. The molecule has 2 saturated heterocycles. The number of carbonyl (C=O) groups excluding carboxylic acids is 1. The second-order valence-corrected chi connectivity index (χ2v) is 11.1. The maximum Gasteiger partial charge on any atom is 0.255 e. The van der Waals surface area contributed by atoms with Crippen molar-refractivity contribution in [2.24, 2.45) is 5.41 Å². The third kappa shape index (κ3) is 3.26. The van der Waals surface area contributed by atoms with E-state index in [9.17, 15) is 4.79 Å². The van der Waals surface area contributed by atoms with Crippen molar-refractivity contribution in [3.63, 3.8) is 0 Å². The number of rotatable bonds is 4. The summed E-state index contributed by atoms with van der Waals surface area (Å²) in [6, 6.07) is 9.85. The second-order valence-electron chi connectivity index (χ2n) is 11.1. The Morgan fingerprint density at radius 3 is 2.71 bits per heavy atom. The van der Waals surface area contributed by atoms with Gasteiger partial charge in [0, 0.05) is 67.2 Å². The first-order valence-electron chi connectivity index (χ1n) is 12.7. The van der Waals surface area contributed by atoms with E-state index in [0.717, 1.165) is 59.9 Å². The lowest BCUT2D eigenvalue weighted by Gasteiger charge is -2.56. The number of hydrogen-bond donors (Lipinski definition) is 3. The minimum Gasteiger partial charge on any atom is -0.355 e. The molecule has 3 aromatic heterocycles. The Labute approximate surface area is 219 Å². The number of anilines is 3. The van der Waals surface area contributed by atoms with Gasteiger partial charge in [0.2, 0.25) is 5.95 Å². The first-order chi connectivity index (χ1) is 18.3. The number of H-pyrrole nitrogens is 1. The molecule has 0 aliphatic carbocycles. The van der Waals surface area contributed by atoms with Crippen LogP contribution in [-0.4, -0.2) is 74.5 Å². The first-order valence-corrected chi connectivity index (χ1v) is 12.7. The van der Waals surface area contributed by atoms with Crippen LogP contribution in [0.3, 0.4) is 0 Å². The summed E-state index contributed by atoms with van der Waals surface area (Å²) in [4.78, 5) is 22.4. The van der Waals surface area contributed by atoms with Gasteiger partial charge in [-0.2, -0.15) is 5.10 Å². The number of nitrogens with zero attached hydrogens (tertiary/aromatic N) is 8. The summed E-state index contributed by atoms with van der Waals surface area (Å²) in [5.41, 5.74) is 4.49. The Bertz CT molecular complexity index is 1620. The summed E-state index contributed by atoms with van der Waals surface area (Å²) in [7, 11) is 1.86. The highest BCUT2D eigenvalue weighted by Gasteiger charge is 2.48. The average molecular weight is 512 g/mol. The van der Waals surface area contributed by atoms with Gasteiger partial charge in [-0.05, 0) is 61.5 Å². The van der Waals surface area contributed by atoms with Crippen LogP contribution in [0.2, 0.25) is 0 Å². The van der Waals surface area contributed by atoms with E-state index in [1.165, 1.54) is 0 Å². The molecule has 0 radical (unpaired) electrons. The van der Waals surface area contributed by atoms with Gasteiger partial charge >= 0.3 is 0 Å². The zero-order valence-corrected chi connectivity index (χ0v) is 21.8. The zero-order chi connectivity index (χ0) is 26.2. The van der Waals surface area contributed by atoms with Crippen LogP contribution in [0, 0.1) is 5.41 Å². The van der Waals surface area contributed by atoms with Crippen molar-refractivity contribution >= 4 is 34.3 Å².